The van der Waals surface area contributed by atoms with Gasteiger partial charge in [-0.3, -0.25) is 0 Å². The molecule has 0 saturated carbocycles. The highest BCUT2D eigenvalue weighted by Crippen LogP contribution is 2.37. The monoisotopic (exact) mass is 430 g/mol. The molecule has 2 aromatic rings. The van der Waals surface area contributed by atoms with Crippen LogP contribution in [0.3, 0.4) is 0 Å². The molecule has 0 bridgehead atoms. The predicted octanol–water partition coefficient (Wildman–Crippen LogP) is 6.34. The van der Waals surface area contributed by atoms with Gasteiger partial charge in [0.25, 0.3) is 8.32 Å². The van der Waals surface area contributed by atoms with Crippen molar-refractivity contribution in [1.29, 1.82) is 0 Å². The van der Waals surface area contributed by atoms with Crippen LogP contribution in [0.5, 0.6) is 0 Å². The zero-order chi connectivity index (χ0) is 22.5. The SMILES string of the molecule is CC(C)(C)C1CC=C(C#CCO[Si](c2ccccc2)(c2ccccc2)C(C)(C)C)CC1. The Kier molecular flexibility index (Phi) is 7.30. The van der Waals surface area contributed by atoms with Gasteiger partial charge in [0.15, 0.2) is 0 Å². The highest BCUT2D eigenvalue weighted by Gasteiger charge is 2.50. The Labute approximate surface area is 191 Å². The fourth-order valence-electron chi connectivity index (χ4n) is 4.79. The molecule has 0 saturated heterocycles. The number of benzene rings is 2. The largest absolute Gasteiger partial charge is 0.396 e. The fourth-order valence-corrected chi connectivity index (χ4v) is 9.23. The molecule has 0 aliphatic heterocycles. The Bertz CT molecular complexity index is 894. The van der Waals surface area contributed by atoms with Crippen molar-refractivity contribution < 1.29 is 4.43 Å². The molecule has 2 aromatic carbocycles. The van der Waals surface area contributed by atoms with Crippen LogP contribution < -0.4 is 10.4 Å². The molecule has 1 nitrogen and oxygen atoms in total. The molecule has 31 heavy (non-hydrogen) atoms. The summed E-state index contributed by atoms with van der Waals surface area (Å²) >= 11 is 0. The van der Waals surface area contributed by atoms with Crippen LogP contribution in [0.15, 0.2) is 72.3 Å². The van der Waals surface area contributed by atoms with E-state index in [4.69, 9.17) is 4.43 Å². The smallest absolute Gasteiger partial charge is 0.262 e. The first-order valence-electron chi connectivity index (χ1n) is 11.6. The molecule has 1 unspecified atom stereocenters. The van der Waals surface area contributed by atoms with Gasteiger partial charge < -0.3 is 4.43 Å². The van der Waals surface area contributed by atoms with Crippen LogP contribution in [0.2, 0.25) is 5.04 Å². The summed E-state index contributed by atoms with van der Waals surface area (Å²) in [6.07, 6.45) is 5.83. The minimum atomic E-state index is -2.49. The topological polar surface area (TPSA) is 9.23 Å². The van der Waals surface area contributed by atoms with Crippen LogP contribution >= 0.6 is 0 Å². The van der Waals surface area contributed by atoms with Gasteiger partial charge in [-0.25, -0.2) is 0 Å². The molecule has 0 amide bonds. The van der Waals surface area contributed by atoms with E-state index in [0.717, 1.165) is 18.8 Å². The van der Waals surface area contributed by atoms with E-state index >= 15 is 0 Å². The van der Waals surface area contributed by atoms with Crippen LogP contribution in [-0.4, -0.2) is 14.9 Å². The third-order valence-electron chi connectivity index (χ3n) is 6.66. The lowest BCUT2D eigenvalue weighted by Gasteiger charge is -2.42. The van der Waals surface area contributed by atoms with Crippen molar-refractivity contribution in [1.82, 2.24) is 0 Å². The van der Waals surface area contributed by atoms with Crippen LogP contribution in [0.4, 0.5) is 0 Å². The molecular formula is C29H38OSi. The first-order valence-corrected chi connectivity index (χ1v) is 13.5. The van der Waals surface area contributed by atoms with E-state index in [1.54, 1.807) is 0 Å². The van der Waals surface area contributed by atoms with Gasteiger partial charge in [-0.1, -0.05) is 120 Å². The molecule has 1 aliphatic rings. The molecule has 0 spiro atoms. The van der Waals surface area contributed by atoms with Crippen molar-refractivity contribution in [2.45, 2.75) is 65.8 Å². The number of rotatable bonds is 4. The van der Waals surface area contributed by atoms with E-state index in [1.165, 1.54) is 22.4 Å². The second-order valence-corrected chi connectivity index (χ2v) is 15.1. The van der Waals surface area contributed by atoms with E-state index in [-0.39, 0.29) is 5.04 Å². The van der Waals surface area contributed by atoms with Crippen molar-refractivity contribution in [2.24, 2.45) is 11.3 Å². The molecule has 2 heteroatoms. The minimum absolute atomic E-state index is 0.0125. The quantitative estimate of drug-likeness (QED) is 0.406. The Balaban J connectivity index is 1.85. The van der Waals surface area contributed by atoms with E-state index in [2.05, 4.69) is 120 Å². The van der Waals surface area contributed by atoms with E-state index in [0.29, 0.717) is 12.0 Å². The minimum Gasteiger partial charge on any atom is -0.396 e. The number of hydrogen-bond donors (Lipinski definition) is 0. The summed E-state index contributed by atoms with van der Waals surface area (Å²) in [6.45, 7) is 14.4. The van der Waals surface area contributed by atoms with Gasteiger partial charge in [-0.2, -0.15) is 0 Å². The average Bonchev–Trinajstić information content (AvgIpc) is 2.74. The highest BCUT2D eigenvalue weighted by molar-refractivity contribution is 6.99. The number of hydrogen-bond acceptors (Lipinski definition) is 1. The van der Waals surface area contributed by atoms with Crippen molar-refractivity contribution in [3.63, 3.8) is 0 Å². The lowest BCUT2D eigenvalue weighted by molar-refractivity contribution is 0.222. The fraction of sp³-hybridized carbons (Fsp3) is 0.448. The first-order chi connectivity index (χ1) is 14.6. The summed E-state index contributed by atoms with van der Waals surface area (Å²) < 4.78 is 6.87. The second kappa shape index (κ2) is 9.59. The van der Waals surface area contributed by atoms with Crippen molar-refractivity contribution in [2.75, 3.05) is 6.61 Å². The molecule has 0 aromatic heterocycles. The summed E-state index contributed by atoms with van der Waals surface area (Å²) in [7, 11) is -2.49. The van der Waals surface area contributed by atoms with Gasteiger partial charge in [0.05, 0.1) is 6.61 Å². The lowest BCUT2D eigenvalue weighted by atomic mass is 9.73. The van der Waals surface area contributed by atoms with Crippen molar-refractivity contribution in [3.05, 3.63) is 72.3 Å². The van der Waals surface area contributed by atoms with Gasteiger partial charge in [0.1, 0.15) is 0 Å². The van der Waals surface area contributed by atoms with Crippen molar-refractivity contribution >= 4 is 18.7 Å². The van der Waals surface area contributed by atoms with E-state index in [1.807, 2.05) is 0 Å². The van der Waals surface area contributed by atoms with Crippen LogP contribution in [-0.2, 0) is 4.43 Å². The van der Waals surface area contributed by atoms with Gasteiger partial charge in [0, 0.05) is 0 Å². The summed E-state index contributed by atoms with van der Waals surface area (Å²) in [6, 6.07) is 21.6. The average molecular weight is 431 g/mol. The third kappa shape index (κ3) is 5.40. The summed E-state index contributed by atoms with van der Waals surface area (Å²) in [5, 5.41) is 2.60. The second-order valence-electron chi connectivity index (χ2n) is 10.8. The molecule has 0 fully saturated rings. The Morgan fingerprint density at radius 2 is 1.42 bits per heavy atom. The molecule has 0 heterocycles. The Morgan fingerprint density at radius 3 is 1.84 bits per heavy atom. The highest BCUT2D eigenvalue weighted by atomic mass is 28.4. The van der Waals surface area contributed by atoms with Crippen LogP contribution in [0, 0.1) is 23.2 Å². The van der Waals surface area contributed by atoms with E-state index in [9.17, 15) is 0 Å². The molecule has 1 aliphatic carbocycles. The van der Waals surface area contributed by atoms with Crippen LogP contribution in [0.1, 0.15) is 60.8 Å². The van der Waals surface area contributed by atoms with E-state index < -0.39 is 8.32 Å². The molecule has 0 radical (unpaired) electrons. The van der Waals surface area contributed by atoms with Gasteiger partial charge >= 0.3 is 0 Å². The lowest BCUT2D eigenvalue weighted by Crippen LogP contribution is -2.66. The zero-order valence-corrected chi connectivity index (χ0v) is 21.2. The maximum absolute atomic E-state index is 6.87. The van der Waals surface area contributed by atoms with Gasteiger partial charge in [0.2, 0.25) is 0 Å². The van der Waals surface area contributed by atoms with Crippen molar-refractivity contribution in [3.8, 4) is 11.8 Å². The molecule has 3 rings (SSSR count). The standard InChI is InChI=1S/C29H38OSi/c1-28(2,3)25-21-19-24(20-22-25)14-13-23-30-31(29(4,5)6,26-15-9-7-10-16-26)27-17-11-8-12-18-27/h7-12,15-19,25H,20-23H2,1-6H3. The number of allylic oxidation sites excluding steroid dienone is 2. The maximum atomic E-state index is 6.87. The van der Waals surface area contributed by atoms with Gasteiger partial charge in [-0.15, -0.1) is 0 Å². The third-order valence-corrected chi connectivity index (χ3v) is 11.6. The molecule has 1 atom stereocenters. The predicted molar refractivity (Wildman–Crippen MR) is 136 cm³/mol. The first kappa shape index (κ1) is 23.6. The normalized spacial score (nSPS) is 17.5. The van der Waals surface area contributed by atoms with Gasteiger partial charge in [-0.05, 0) is 51.6 Å². The zero-order valence-electron chi connectivity index (χ0n) is 20.2. The van der Waals surface area contributed by atoms with Crippen LogP contribution in [0.25, 0.3) is 0 Å². The summed E-state index contributed by atoms with van der Waals surface area (Å²) in [5.41, 5.74) is 1.66. The molecule has 164 valence electrons. The molecule has 0 N–H and O–H groups in total. The summed E-state index contributed by atoms with van der Waals surface area (Å²) in [5.74, 6) is 7.55. The maximum Gasteiger partial charge on any atom is 0.262 e. The summed E-state index contributed by atoms with van der Waals surface area (Å²) in [4.78, 5) is 0. The molecular weight excluding hydrogens is 392 g/mol. The Hall–Kier alpha value is -2.08. The Morgan fingerprint density at radius 1 is 0.871 bits per heavy atom.